The standard InChI is InChI=1S/C38H46F5NO4/c1-32(2)22-47-35(48-23-32)16-11-30-31-27(10-15-34(30,45)21-35)29-12-17-36(46,37(39,40)38(41,42)43)33(29,3)20-28(31)26-8-6-24(7-9-26)4-5-25-13-18-44-19-14-25/h6-9,13-14,18-19,27-29,45-46H,4-5,10-12,15-17,20-23H2,1-3H3/t27?,28-,29?,33+,34?,36+/m1/s1. The molecule has 2 N–H and O–H groups in total. The summed E-state index contributed by atoms with van der Waals surface area (Å²) in [4.78, 5) is 4.06. The third-order valence-corrected chi connectivity index (χ3v) is 12.7. The summed E-state index contributed by atoms with van der Waals surface area (Å²) in [6, 6.07) is 11.8. The Morgan fingerprint density at radius 2 is 1.46 bits per heavy atom. The average molecular weight is 676 g/mol. The number of aryl methyl sites for hydroxylation is 2. The second kappa shape index (κ2) is 11.3. The molecule has 2 aromatic rings. The lowest BCUT2D eigenvalue weighted by Crippen LogP contribution is -2.65. The van der Waals surface area contributed by atoms with Gasteiger partial charge < -0.3 is 19.7 Å². The molecular weight excluding hydrogens is 629 g/mol. The Bertz CT molecular complexity index is 1550. The minimum atomic E-state index is -5.89. The molecule has 1 aliphatic heterocycles. The monoisotopic (exact) mass is 675 g/mol. The predicted molar refractivity (Wildman–Crippen MR) is 169 cm³/mol. The normalized spacial score (nSPS) is 36.0. The number of nitrogens with zero attached hydrogens (tertiary/aromatic N) is 1. The molecule has 48 heavy (non-hydrogen) atoms. The van der Waals surface area contributed by atoms with Crippen LogP contribution in [-0.4, -0.2) is 57.5 Å². The summed E-state index contributed by atoms with van der Waals surface area (Å²) in [6.07, 6.45) is 0.539. The van der Waals surface area contributed by atoms with Crippen molar-refractivity contribution in [3.05, 3.63) is 76.6 Å². The van der Waals surface area contributed by atoms with E-state index in [-0.39, 0.29) is 30.6 Å². The highest BCUT2D eigenvalue weighted by molar-refractivity contribution is 5.45. The van der Waals surface area contributed by atoms with Crippen LogP contribution in [0.2, 0.25) is 0 Å². The number of allylic oxidation sites excluding steroid dienone is 1. The Balaban J connectivity index is 1.27. The Labute approximate surface area is 278 Å². The van der Waals surface area contributed by atoms with Gasteiger partial charge in [0.1, 0.15) is 5.60 Å². The zero-order chi connectivity index (χ0) is 34.4. The van der Waals surface area contributed by atoms with Gasteiger partial charge in [0.05, 0.1) is 18.8 Å². The van der Waals surface area contributed by atoms with Crippen LogP contribution in [0.1, 0.15) is 94.7 Å². The minimum absolute atomic E-state index is 0.0600. The maximum atomic E-state index is 15.4. The SMILES string of the molecule is CC1(C)COC2(CCC3=C4C(CCC3(O)C2)C2CC[C@@](O)(C(F)(F)C(F)(F)F)[C@@]2(C)C[C@@H]4c2ccc(CCc3ccncc3)cc2)OC1. The number of alkyl halides is 5. The van der Waals surface area contributed by atoms with Gasteiger partial charge in [-0.05, 0) is 97.6 Å². The van der Waals surface area contributed by atoms with E-state index in [9.17, 15) is 23.4 Å². The molecule has 7 rings (SSSR count). The first-order chi connectivity index (χ1) is 22.4. The van der Waals surface area contributed by atoms with Gasteiger partial charge in [0.2, 0.25) is 0 Å². The number of pyridine rings is 1. The van der Waals surface area contributed by atoms with Crippen LogP contribution < -0.4 is 0 Å². The summed E-state index contributed by atoms with van der Waals surface area (Å²) in [5, 5.41) is 24.0. The summed E-state index contributed by atoms with van der Waals surface area (Å²) in [6.45, 7) is 6.58. The lowest BCUT2D eigenvalue weighted by Gasteiger charge is -2.59. The highest BCUT2D eigenvalue weighted by Crippen LogP contribution is 2.71. The number of aliphatic hydroxyl groups is 2. The van der Waals surface area contributed by atoms with Crippen molar-refractivity contribution in [3.8, 4) is 0 Å². The molecule has 1 aromatic carbocycles. The Kier molecular flexibility index (Phi) is 8.02. The zero-order valence-electron chi connectivity index (χ0n) is 27.9. The molecule has 6 atom stereocenters. The number of benzene rings is 1. The molecule has 0 radical (unpaired) electrons. The van der Waals surface area contributed by atoms with Crippen molar-refractivity contribution < 1.29 is 41.6 Å². The molecule has 1 saturated heterocycles. The number of hydrogen-bond donors (Lipinski definition) is 2. The van der Waals surface area contributed by atoms with E-state index in [0.29, 0.717) is 38.9 Å². The van der Waals surface area contributed by atoms with Crippen molar-refractivity contribution in [2.75, 3.05) is 13.2 Å². The van der Waals surface area contributed by atoms with Crippen LogP contribution in [0.15, 0.2) is 59.9 Å². The van der Waals surface area contributed by atoms with E-state index in [0.717, 1.165) is 40.7 Å². The highest BCUT2D eigenvalue weighted by Gasteiger charge is 2.79. The Hall–Kier alpha value is -2.40. The van der Waals surface area contributed by atoms with Gasteiger partial charge in [-0.25, -0.2) is 0 Å². The molecular formula is C38H46F5NO4. The molecule has 0 bridgehead atoms. The molecule has 2 heterocycles. The van der Waals surface area contributed by atoms with Crippen molar-refractivity contribution >= 4 is 0 Å². The van der Waals surface area contributed by atoms with Gasteiger partial charge in [-0.15, -0.1) is 0 Å². The summed E-state index contributed by atoms with van der Waals surface area (Å²) < 4.78 is 85.3. The molecule has 1 spiro atoms. The smallest absolute Gasteiger partial charge is 0.385 e. The van der Waals surface area contributed by atoms with Crippen molar-refractivity contribution in [2.45, 2.75) is 120 Å². The molecule has 3 unspecified atom stereocenters. The first-order valence-electron chi connectivity index (χ1n) is 17.3. The predicted octanol–water partition coefficient (Wildman–Crippen LogP) is 8.09. The number of ether oxygens (including phenoxy) is 2. The van der Waals surface area contributed by atoms with Gasteiger partial charge >= 0.3 is 12.1 Å². The molecule has 10 heteroatoms. The maximum Gasteiger partial charge on any atom is 0.456 e. The fourth-order valence-electron chi connectivity index (χ4n) is 10.1. The summed E-state index contributed by atoms with van der Waals surface area (Å²) in [5.74, 6) is -7.65. The van der Waals surface area contributed by atoms with Crippen LogP contribution in [0, 0.1) is 22.7 Å². The molecule has 5 nitrogen and oxygen atoms in total. The van der Waals surface area contributed by atoms with Crippen molar-refractivity contribution in [2.24, 2.45) is 22.7 Å². The lowest BCUT2D eigenvalue weighted by atomic mass is 9.49. The number of hydrogen-bond acceptors (Lipinski definition) is 5. The maximum absolute atomic E-state index is 15.4. The van der Waals surface area contributed by atoms with Crippen LogP contribution in [-0.2, 0) is 22.3 Å². The van der Waals surface area contributed by atoms with Gasteiger partial charge in [-0.1, -0.05) is 50.6 Å². The molecule has 262 valence electrons. The fraction of sp³-hybridized carbons (Fsp3) is 0.658. The number of rotatable bonds is 5. The van der Waals surface area contributed by atoms with Gasteiger partial charge in [0, 0.05) is 42.0 Å². The second-order valence-corrected chi connectivity index (χ2v) is 16.3. The Morgan fingerprint density at radius 3 is 2.08 bits per heavy atom. The molecule has 4 fully saturated rings. The first-order valence-corrected chi connectivity index (χ1v) is 17.3. The van der Waals surface area contributed by atoms with E-state index >= 15 is 8.78 Å². The first kappa shape index (κ1) is 34.1. The largest absolute Gasteiger partial charge is 0.456 e. The van der Waals surface area contributed by atoms with E-state index in [2.05, 4.69) is 18.8 Å². The van der Waals surface area contributed by atoms with Crippen LogP contribution >= 0.6 is 0 Å². The zero-order valence-corrected chi connectivity index (χ0v) is 27.9. The second-order valence-electron chi connectivity index (χ2n) is 16.3. The summed E-state index contributed by atoms with van der Waals surface area (Å²) in [5.41, 5.74) is -1.52. The van der Waals surface area contributed by atoms with E-state index < -0.39 is 52.8 Å². The molecule has 5 aliphatic rings. The minimum Gasteiger partial charge on any atom is -0.385 e. The van der Waals surface area contributed by atoms with Crippen LogP contribution in [0.3, 0.4) is 0 Å². The van der Waals surface area contributed by atoms with Crippen molar-refractivity contribution in [1.82, 2.24) is 4.98 Å². The molecule has 0 amide bonds. The number of halogens is 5. The van der Waals surface area contributed by atoms with Gasteiger partial charge in [0.15, 0.2) is 5.79 Å². The van der Waals surface area contributed by atoms with Gasteiger partial charge in [0.25, 0.3) is 0 Å². The van der Waals surface area contributed by atoms with Crippen LogP contribution in [0.5, 0.6) is 0 Å². The van der Waals surface area contributed by atoms with E-state index in [1.165, 1.54) is 6.92 Å². The van der Waals surface area contributed by atoms with Crippen molar-refractivity contribution in [1.29, 1.82) is 0 Å². The Morgan fingerprint density at radius 1 is 0.833 bits per heavy atom. The van der Waals surface area contributed by atoms with Gasteiger partial charge in [-0.2, -0.15) is 22.0 Å². The summed E-state index contributed by atoms with van der Waals surface area (Å²) in [7, 11) is 0. The summed E-state index contributed by atoms with van der Waals surface area (Å²) >= 11 is 0. The molecule has 4 aliphatic carbocycles. The van der Waals surface area contributed by atoms with Gasteiger partial charge in [-0.3, -0.25) is 4.98 Å². The average Bonchev–Trinajstić information content (AvgIpc) is 3.32. The number of aromatic nitrogens is 1. The van der Waals surface area contributed by atoms with E-state index in [1.807, 2.05) is 36.4 Å². The lowest BCUT2D eigenvalue weighted by molar-refractivity contribution is -0.362. The van der Waals surface area contributed by atoms with E-state index in [1.54, 1.807) is 12.4 Å². The van der Waals surface area contributed by atoms with Crippen molar-refractivity contribution in [3.63, 3.8) is 0 Å². The van der Waals surface area contributed by atoms with Crippen LogP contribution in [0.25, 0.3) is 0 Å². The number of fused-ring (bicyclic) bond motifs is 4. The fourth-order valence-corrected chi connectivity index (χ4v) is 10.1. The van der Waals surface area contributed by atoms with Crippen LogP contribution in [0.4, 0.5) is 22.0 Å². The topological polar surface area (TPSA) is 71.8 Å². The highest BCUT2D eigenvalue weighted by atomic mass is 19.4. The third-order valence-electron chi connectivity index (χ3n) is 12.7. The quantitative estimate of drug-likeness (QED) is 0.248. The molecule has 3 saturated carbocycles. The van der Waals surface area contributed by atoms with E-state index in [4.69, 9.17) is 9.47 Å². The molecule has 1 aromatic heterocycles. The third kappa shape index (κ3) is 5.26.